The Morgan fingerprint density at radius 1 is 1.14 bits per heavy atom. The van der Waals surface area contributed by atoms with Crippen molar-refractivity contribution in [2.24, 2.45) is 5.92 Å². The lowest BCUT2D eigenvalue weighted by atomic mass is 9.93. The molecule has 0 spiro atoms. The van der Waals surface area contributed by atoms with Crippen LogP contribution in [0, 0.1) is 5.92 Å². The largest absolute Gasteiger partial charge is 0.493 e. The maximum absolute atomic E-state index is 11.5. The van der Waals surface area contributed by atoms with Crippen LogP contribution < -0.4 is 14.4 Å². The Hall–Kier alpha value is -2.13. The Kier molecular flexibility index (Phi) is 6.24. The fourth-order valence-corrected chi connectivity index (χ4v) is 4.02. The van der Waals surface area contributed by atoms with Crippen molar-refractivity contribution in [3.63, 3.8) is 0 Å². The van der Waals surface area contributed by atoms with Crippen molar-refractivity contribution in [3.05, 3.63) is 18.5 Å². The van der Waals surface area contributed by atoms with Crippen molar-refractivity contribution in [2.75, 3.05) is 52.1 Å². The summed E-state index contributed by atoms with van der Waals surface area (Å²) in [6, 6.07) is 3.80. The van der Waals surface area contributed by atoms with Gasteiger partial charge in [0.1, 0.15) is 12.1 Å². The summed E-state index contributed by atoms with van der Waals surface area (Å²) in [5.41, 5.74) is 0.819. The van der Waals surface area contributed by atoms with Gasteiger partial charge in [-0.2, -0.15) is 0 Å². The van der Waals surface area contributed by atoms with Crippen molar-refractivity contribution in [1.82, 2.24) is 14.3 Å². The zero-order chi connectivity index (χ0) is 20.3. The Morgan fingerprint density at radius 3 is 2.39 bits per heavy atom. The fraction of sp³-hybridized carbons (Fsp3) is 0.579. The molecule has 9 heteroatoms. The van der Waals surface area contributed by atoms with Gasteiger partial charge in [-0.05, 0) is 31.2 Å². The monoisotopic (exact) mass is 408 g/mol. The summed E-state index contributed by atoms with van der Waals surface area (Å²) in [5, 5.41) is 0.940. The molecule has 0 unspecified atom stereocenters. The van der Waals surface area contributed by atoms with Crippen LogP contribution in [0.5, 0.6) is 11.5 Å². The number of rotatable bonds is 7. The lowest BCUT2D eigenvalue weighted by Gasteiger charge is -2.33. The van der Waals surface area contributed by atoms with Crippen LogP contribution in [0.3, 0.4) is 0 Å². The number of aromatic nitrogens is 2. The third kappa shape index (κ3) is 4.47. The summed E-state index contributed by atoms with van der Waals surface area (Å²) >= 11 is 0. The van der Waals surface area contributed by atoms with E-state index >= 15 is 0 Å². The van der Waals surface area contributed by atoms with Crippen LogP contribution in [-0.2, 0) is 10.0 Å². The number of ether oxygens (including phenoxy) is 2. The molecule has 0 bridgehead atoms. The van der Waals surface area contributed by atoms with Gasteiger partial charge in [-0.25, -0.2) is 22.7 Å². The molecule has 1 aromatic carbocycles. The van der Waals surface area contributed by atoms with E-state index in [0.29, 0.717) is 24.0 Å². The van der Waals surface area contributed by atoms with Gasteiger partial charge in [0.25, 0.3) is 0 Å². The normalized spacial score (nSPS) is 16.0. The van der Waals surface area contributed by atoms with E-state index in [4.69, 9.17) is 9.47 Å². The molecule has 2 heterocycles. The molecule has 0 N–H and O–H groups in total. The summed E-state index contributed by atoms with van der Waals surface area (Å²) in [4.78, 5) is 11.2. The van der Waals surface area contributed by atoms with E-state index in [1.165, 1.54) is 10.6 Å². The molecule has 8 nitrogen and oxygen atoms in total. The Labute approximate surface area is 166 Å². The number of fused-ring (bicyclic) bond motifs is 1. The standard InChI is InChI=1S/C19H28N4O4S/c1-22(28(4,24)25)8-5-14-6-9-23(10-7-14)19-15-11-17(26-2)18(27-3)12-16(15)20-13-21-19/h11-14H,5-10H2,1-4H3. The Morgan fingerprint density at radius 2 is 1.79 bits per heavy atom. The van der Waals surface area contributed by atoms with Gasteiger partial charge in [0.2, 0.25) is 10.0 Å². The highest BCUT2D eigenvalue weighted by Crippen LogP contribution is 2.35. The number of benzene rings is 1. The predicted octanol–water partition coefficient (Wildman–Crippen LogP) is 2.14. The average molecular weight is 409 g/mol. The van der Waals surface area contributed by atoms with E-state index in [2.05, 4.69) is 14.9 Å². The number of piperidine rings is 1. The van der Waals surface area contributed by atoms with E-state index in [1.807, 2.05) is 12.1 Å². The molecule has 1 aliphatic rings. The molecule has 3 rings (SSSR count). The zero-order valence-corrected chi connectivity index (χ0v) is 17.7. The minimum Gasteiger partial charge on any atom is -0.493 e. The van der Waals surface area contributed by atoms with E-state index in [9.17, 15) is 8.42 Å². The summed E-state index contributed by atoms with van der Waals surface area (Å²) < 4.78 is 35.3. The smallest absolute Gasteiger partial charge is 0.210 e. The molecule has 1 aliphatic heterocycles. The second kappa shape index (κ2) is 8.48. The molecule has 0 saturated carbocycles. The van der Waals surface area contributed by atoms with Gasteiger partial charge < -0.3 is 14.4 Å². The predicted molar refractivity (Wildman–Crippen MR) is 110 cm³/mol. The first-order valence-corrected chi connectivity index (χ1v) is 11.2. The van der Waals surface area contributed by atoms with Crippen LogP contribution in [0.1, 0.15) is 19.3 Å². The van der Waals surface area contributed by atoms with Crippen LogP contribution >= 0.6 is 0 Å². The van der Waals surface area contributed by atoms with Gasteiger partial charge in [-0.1, -0.05) is 0 Å². The van der Waals surface area contributed by atoms with Crippen LogP contribution in [-0.4, -0.2) is 69.8 Å². The Balaban J connectivity index is 1.71. The quantitative estimate of drug-likeness (QED) is 0.694. The molecule has 1 saturated heterocycles. The van der Waals surface area contributed by atoms with E-state index in [1.54, 1.807) is 27.6 Å². The van der Waals surface area contributed by atoms with E-state index in [0.717, 1.165) is 49.1 Å². The molecule has 0 amide bonds. The Bertz CT molecular complexity index is 927. The van der Waals surface area contributed by atoms with Gasteiger partial charge in [0, 0.05) is 38.1 Å². The first kappa shape index (κ1) is 20.6. The fourth-order valence-electron chi connectivity index (χ4n) is 3.59. The highest BCUT2D eigenvalue weighted by Gasteiger charge is 2.23. The topological polar surface area (TPSA) is 84.9 Å². The maximum Gasteiger partial charge on any atom is 0.210 e. The summed E-state index contributed by atoms with van der Waals surface area (Å²) in [6.45, 7) is 2.33. The third-order valence-corrected chi connectivity index (χ3v) is 6.77. The molecular weight excluding hydrogens is 380 g/mol. The number of sulfonamides is 1. The molecule has 1 aromatic heterocycles. The summed E-state index contributed by atoms with van der Waals surface area (Å²) in [5.74, 6) is 2.72. The van der Waals surface area contributed by atoms with Gasteiger partial charge in [0.05, 0.1) is 26.0 Å². The maximum atomic E-state index is 11.5. The molecular formula is C19H28N4O4S. The SMILES string of the molecule is COc1cc2ncnc(N3CCC(CCN(C)S(C)(=O)=O)CC3)c2cc1OC. The number of nitrogens with zero attached hydrogens (tertiary/aromatic N) is 4. The lowest BCUT2D eigenvalue weighted by molar-refractivity contribution is 0.345. The molecule has 1 fully saturated rings. The minimum absolute atomic E-state index is 0.517. The van der Waals surface area contributed by atoms with Crippen molar-refractivity contribution in [2.45, 2.75) is 19.3 Å². The first-order valence-electron chi connectivity index (χ1n) is 9.36. The number of methoxy groups -OCH3 is 2. The molecule has 154 valence electrons. The van der Waals surface area contributed by atoms with Gasteiger partial charge >= 0.3 is 0 Å². The molecule has 2 aromatic rings. The second-order valence-electron chi connectivity index (χ2n) is 7.23. The number of hydrogen-bond donors (Lipinski definition) is 0. The molecule has 0 radical (unpaired) electrons. The van der Waals surface area contributed by atoms with E-state index in [-0.39, 0.29) is 0 Å². The van der Waals surface area contributed by atoms with Gasteiger partial charge in [-0.3, -0.25) is 0 Å². The average Bonchev–Trinajstić information content (AvgIpc) is 2.70. The zero-order valence-electron chi connectivity index (χ0n) is 16.9. The summed E-state index contributed by atoms with van der Waals surface area (Å²) in [7, 11) is 1.75. The second-order valence-corrected chi connectivity index (χ2v) is 9.31. The third-order valence-electron chi connectivity index (χ3n) is 5.45. The highest BCUT2D eigenvalue weighted by molar-refractivity contribution is 7.88. The molecule has 0 atom stereocenters. The summed E-state index contributed by atoms with van der Waals surface area (Å²) in [6.07, 6.45) is 5.73. The van der Waals surface area contributed by atoms with E-state index < -0.39 is 10.0 Å². The van der Waals surface area contributed by atoms with Gasteiger partial charge in [-0.15, -0.1) is 0 Å². The number of anilines is 1. The van der Waals surface area contributed by atoms with Crippen LogP contribution in [0.25, 0.3) is 10.9 Å². The van der Waals surface area contributed by atoms with Crippen LogP contribution in [0.2, 0.25) is 0 Å². The molecule has 28 heavy (non-hydrogen) atoms. The van der Waals surface area contributed by atoms with Crippen molar-refractivity contribution >= 4 is 26.7 Å². The highest BCUT2D eigenvalue weighted by atomic mass is 32.2. The van der Waals surface area contributed by atoms with Gasteiger partial charge in [0.15, 0.2) is 11.5 Å². The minimum atomic E-state index is -3.11. The number of hydrogen-bond acceptors (Lipinski definition) is 7. The first-order chi connectivity index (χ1) is 13.3. The van der Waals surface area contributed by atoms with Crippen LogP contribution in [0.4, 0.5) is 5.82 Å². The van der Waals surface area contributed by atoms with Crippen molar-refractivity contribution in [1.29, 1.82) is 0 Å². The molecule has 0 aliphatic carbocycles. The van der Waals surface area contributed by atoms with Crippen LogP contribution in [0.15, 0.2) is 18.5 Å². The van der Waals surface area contributed by atoms with Crippen molar-refractivity contribution < 1.29 is 17.9 Å². The van der Waals surface area contributed by atoms with Crippen molar-refractivity contribution in [3.8, 4) is 11.5 Å². The lowest BCUT2D eigenvalue weighted by Crippen LogP contribution is -2.36.